The number of alkyl carbamates (subject to hydrolysis) is 1. The Bertz CT molecular complexity index is 2140. The minimum atomic E-state index is -5.14. The van der Waals surface area contributed by atoms with Gasteiger partial charge < -0.3 is 40.6 Å². The Kier molecular flexibility index (Phi) is 13.5. The zero-order chi connectivity index (χ0) is 43.2. The van der Waals surface area contributed by atoms with Crippen LogP contribution in [0.5, 0.6) is 5.75 Å². The second kappa shape index (κ2) is 18.2. The van der Waals surface area contributed by atoms with Crippen molar-refractivity contribution in [1.29, 1.82) is 0 Å². The molecule has 316 valence electrons. The summed E-state index contributed by atoms with van der Waals surface area (Å²) >= 11 is 0. The van der Waals surface area contributed by atoms with Crippen LogP contribution in [0.3, 0.4) is 0 Å². The van der Waals surface area contributed by atoms with Gasteiger partial charge in [-0.05, 0) is 42.0 Å². The second-order valence-electron chi connectivity index (χ2n) is 15.6. The van der Waals surface area contributed by atoms with Crippen LogP contribution in [0.2, 0.25) is 0 Å². The van der Waals surface area contributed by atoms with E-state index in [4.69, 9.17) is 9.72 Å². The first-order chi connectivity index (χ1) is 27.7. The zero-order valence-corrected chi connectivity index (χ0v) is 33.7. The highest BCUT2D eigenvalue weighted by Gasteiger charge is 2.40. The summed E-state index contributed by atoms with van der Waals surface area (Å²) in [5.74, 6) is -2.13. The predicted molar refractivity (Wildman–Crippen MR) is 212 cm³/mol. The lowest BCUT2D eigenvalue weighted by Gasteiger charge is -2.30. The number of ether oxygens (including phenoxy) is 2. The molecule has 1 saturated heterocycles. The molecule has 3 heterocycles. The highest BCUT2D eigenvalue weighted by molar-refractivity contribution is 6.04. The summed E-state index contributed by atoms with van der Waals surface area (Å²) in [5.41, 5.74) is -0.0511. The molecule has 1 aliphatic rings. The van der Waals surface area contributed by atoms with E-state index in [0.29, 0.717) is 49.0 Å². The number of H-pyrrole nitrogens is 1. The van der Waals surface area contributed by atoms with E-state index < -0.39 is 53.1 Å². The van der Waals surface area contributed by atoms with Gasteiger partial charge in [0.2, 0.25) is 11.8 Å². The van der Waals surface area contributed by atoms with Crippen molar-refractivity contribution in [2.75, 3.05) is 37.4 Å². The molecule has 0 spiro atoms. The summed E-state index contributed by atoms with van der Waals surface area (Å²) in [6.07, 6.45) is -2.38. The normalized spacial score (nSPS) is 16.0. The first kappa shape index (κ1) is 43.9. The number of pyridine rings is 1. The molecule has 3 atom stereocenters. The molecule has 0 bridgehead atoms. The SMILES string of the molecule is COC(=O)N[C@H](C(=O)N1C[C@@H](C)C[C@H]1c1nc(-c2ccc(-c3cc(F)c(NC(=O)c4ccc(NCCNC(=O)C(C)(C)C)nc4)cc3OC(F)(F)F)cc2)c[nH]1)C(C)C. The Hall–Kier alpha value is -6.20. The molecule has 4 amide bonds. The number of nitrogens with one attached hydrogen (secondary N) is 5. The van der Waals surface area contributed by atoms with Crippen molar-refractivity contribution in [3.8, 4) is 28.1 Å². The molecule has 2 aromatic heterocycles. The maximum atomic E-state index is 15.5. The largest absolute Gasteiger partial charge is 0.573 e. The fourth-order valence-corrected chi connectivity index (χ4v) is 6.45. The van der Waals surface area contributed by atoms with E-state index in [0.717, 1.165) is 12.1 Å². The zero-order valence-electron chi connectivity index (χ0n) is 33.7. The summed E-state index contributed by atoms with van der Waals surface area (Å²) in [5, 5.41) is 10.7. The highest BCUT2D eigenvalue weighted by atomic mass is 19.4. The minimum Gasteiger partial charge on any atom is -0.453 e. The number of halogens is 4. The monoisotopic (exact) mass is 824 g/mol. The Labute approximate surface area is 338 Å². The number of hydrogen-bond donors (Lipinski definition) is 5. The van der Waals surface area contributed by atoms with Gasteiger partial charge in [-0.25, -0.2) is 19.2 Å². The molecule has 4 aromatic rings. The number of carbonyl (C=O) groups excluding carboxylic acids is 4. The quantitative estimate of drug-likeness (QED) is 0.0684. The Morgan fingerprint density at radius 1 is 1.00 bits per heavy atom. The van der Waals surface area contributed by atoms with Crippen molar-refractivity contribution in [3.63, 3.8) is 0 Å². The fourth-order valence-electron chi connectivity index (χ4n) is 6.45. The van der Waals surface area contributed by atoms with E-state index in [-0.39, 0.29) is 40.3 Å². The van der Waals surface area contributed by atoms with Crippen molar-refractivity contribution in [2.24, 2.45) is 17.3 Å². The van der Waals surface area contributed by atoms with Crippen molar-refractivity contribution in [2.45, 2.75) is 66.4 Å². The number of aromatic nitrogens is 3. The number of hydrogen-bond acceptors (Lipinski definition) is 9. The van der Waals surface area contributed by atoms with Crippen LogP contribution in [0.25, 0.3) is 22.4 Å². The minimum absolute atomic E-state index is 0.00698. The lowest BCUT2D eigenvalue weighted by molar-refractivity contribution is -0.274. The number of likely N-dealkylation sites (tertiary alicyclic amines) is 1. The molecule has 1 aliphatic heterocycles. The summed E-state index contributed by atoms with van der Waals surface area (Å²) in [7, 11) is 1.22. The molecule has 18 heteroatoms. The first-order valence-corrected chi connectivity index (χ1v) is 18.9. The number of amides is 4. The van der Waals surface area contributed by atoms with Gasteiger partial charge in [0.05, 0.1) is 30.1 Å². The number of carbonyl (C=O) groups is 4. The average molecular weight is 825 g/mol. The van der Waals surface area contributed by atoms with Crippen LogP contribution in [0.1, 0.15) is 70.2 Å². The summed E-state index contributed by atoms with van der Waals surface area (Å²) in [6, 6.07) is 9.44. The molecular weight excluding hydrogens is 776 g/mol. The smallest absolute Gasteiger partial charge is 0.453 e. The molecule has 5 N–H and O–H groups in total. The number of aromatic amines is 1. The van der Waals surface area contributed by atoms with Gasteiger partial charge in [0.15, 0.2) is 0 Å². The van der Waals surface area contributed by atoms with E-state index in [1.807, 2.05) is 20.8 Å². The van der Waals surface area contributed by atoms with Crippen LogP contribution < -0.4 is 26.0 Å². The first-order valence-electron chi connectivity index (χ1n) is 18.9. The van der Waals surface area contributed by atoms with E-state index in [9.17, 15) is 32.3 Å². The maximum absolute atomic E-state index is 15.5. The molecule has 0 unspecified atom stereocenters. The molecule has 14 nitrogen and oxygen atoms in total. The van der Waals surface area contributed by atoms with E-state index in [2.05, 4.69) is 36.0 Å². The summed E-state index contributed by atoms with van der Waals surface area (Å²) in [6.45, 7) is 12.2. The number of alkyl halides is 3. The topological polar surface area (TPSA) is 180 Å². The lowest BCUT2D eigenvalue weighted by atomic mass is 9.96. The number of rotatable bonds is 13. The van der Waals surface area contributed by atoms with E-state index in [1.54, 1.807) is 44.0 Å². The Morgan fingerprint density at radius 3 is 2.31 bits per heavy atom. The van der Waals surface area contributed by atoms with Gasteiger partial charge in [0, 0.05) is 54.6 Å². The second-order valence-corrected chi connectivity index (χ2v) is 15.6. The number of imidazole rings is 1. The molecule has 0 radical (unpaired) electrons. The van der Waals surface area contributed by atoms with Crippen molar-refractivity contribution in [1.82, 2.24) is 30.5 Å². The number of nitrogens with zero attached hydrogens (tertiary/aromatic N) is 3. The van der Waals surface area contributed by atoms with Gasteiger partial charge in [-0.3, -0.25) is 14.4 Å². The van der Waals surface area contributed by atoms with Crippen LogP contribution in [0, 0.1) is 23.1 Å². The molecule has 2 aromatic carbocycles. The third kappa shape index (κ3) is 11.3. The molecule has 0 aliphatic carbocycles. The number of benzene rings is 2. The molecule has 59 heavy (non-hydrogen) atoms. The molecule has 0 saturated carbocycles. The summed E-state index contributed by atoms with van der Waals surface area (Å²) in [4.78, 5) is 64.4. The van der Waals surface area contributed by atoms with Crippen LogP contribution in [-0.2, 0) is 14.3 Å². The third-order valence-corrected chi connectivity index (χ3v) is 9.56. The fraction of sp³-hybridized carbons (Fsp3) is 0.415. The molecular formula is C41H48F4N8O6. The predicted octanol–water partition coefficient (Wildman–Crippen LogP) is 7.29. The van der Waals surface area contributed by atoms with Gasteiger partial charge in [0.1, 0.15) is 29.3 Å². The number of anilines is 2. The van der Waals surface area contributed by atoms with Gasteiger partial charge in [-0.1, -0.05) is 65.8 Å². The Morgan fingerprint density at radius 2 is 1.69 bits per heavy atom. The van der Waals surface area contributed by atoms with Gasteiger partial charge >= 0.3 is 12.5 Å². The van der Waals surface area contributed by atoms with E-state index >= 15 is 4.39 Å². The number of methoxy groups -OCH3 is 1. The average Bonchev–Trinajstić information content (AvgIpc) is 3.82. The van der Waals surface area contributed by atoms with E-state index in [1.165, 1.54) is 37.6 Å². The van der Waals surface area contributed by atoms with Crippen molar-refractivity contribution >= 4 is 35.3 Å². The van der Waals surface area contributed by atoms with Gasteiger partial charge in [0.25, 0.3) is 5.91 Å². The van der Waals surface area contributed by atoms with Crippen LogP contribution in [-0.4, -0.2) is 82.8 Å². The summed E-state index contributed by atoms with van der Waals surface area (Å²) < 4.78 is 65.3. The van der Waals surface area contributed by atoms with Crippen molar-refractivity contribution < 1.29 is 46.2 Å². The van der Waals surface area contributed by atoms with Crippen molar-refractivity contribution in [3.05, 3.63) is 78.1 Å². The lowest BCUT2D eigenvalue weighted by Crippen LogP contribution is -2.51. The Balaban J connectivity index is 1.30. The maximum Gasteiger partial charge on any atom is 0.573 e. The molecule has 1 fully saturated rings. The third-order valence-electron chi connectivity index (χ3n) is 9.56. The highest BCUT2D eigenvalue weighted by Crippen LogP contribution is 2.39. The van der Waals surface area contributed by atoms with Gasteiger partial charge in [-0.2, -0.15) is 0 Å². The van der Waals surface area contributed by atoms with Crippen LogP contribution in [0.15, 0.2) is 60.9 Å². The van der Waals surface area contributed by atoms with Crippen LogP contribution in [0.4, 0.5) is 33.9 Å². The standard InChI is InChI=1S/C41H48F4N8O6/c1-22(2)34(52-39(57)58-7)37(55)53-21-23(3)16-31(53)35-49-20-30(50-35)25-10-8-24(9-11-25)27-17-28(42)29(18-32(27)59-41(43,44)45)51-36(54)26-12-13-33(48-19-26)46-14-15-47-38(56)40(4,5)6/h8-13,17-20,22-23,31,34H,14-16,21H2,1-7H3,(H,46,48)(H,47,56)(H,49,50)(H,51,54)(H,52,57)/t23-,31-,34-/m0/s1. The molecule has 5 rings (SSSR count). The van der Waals surface area contributed by atoms with Crippen LogP contribution >= 0.6 is 0 Å². The van der Waals surface area contributed by atoms with Gasteiger partial charge in [-0.15, -0.1) is 13.2 Å².